The van der Waals surface area contributed by atoms with E-state index >= 15 is 0 Å². The van der Waals surface area contributed by atoms with Gasteiger partial charge in [-0.3, -0.25) is 9.59 Å². The third-order valence-electron chi connectivity index (χ3n) is 5.55. The molecule has 1 atom stereocenters. The Bertz CT molecular complexity index is 1090. The van der Waals surface area contributed by atoms with Crippen LogP contribution in [-0.4, -0.2) is 17.1 Å². The molecule has 0 spiro atoms. The summed E-state index contributed by atoms with van der Waals surface area (Å²) in [6.07, 6.45) is -1.02. The predicted molar refractivity (Wildman–Crippen MR) is 117 cm³/mol. The molecule has 35 heavy (non-hydrogen) atoms. The first kappa shape index (κ1) is 26.8. The number of alkyl halides is 3. The third-order valence-corrected chi connectivity index (χ3v) is 6.65. The van der Waals surface area contributed by atoms with Crippen LogP contribution in [0.4, 0.5) is 42.1 Å². The molecule has 4 nitrogen and oxygen atoms in total. The summed E-state index contributed by atoms with van der Waals surface area (Å²) in [7, 11) is 0. The summed E-state index contributed by atoms with van der Waals surface area (Å²) in [5.41, 5.74) is -3.90. The number of amides is 2. The van der Waals surface area contributed by atoms with Crippen molar-refractivity contribution in [3.63, 3.8) is 0 Å². The number of benzene rings is 2. The minimum absolute atomic E-state index is 0.0842. The van der Waals surface area contributed by atoms with Crippen LogP contribution in [0, 0.1) is 29.2 Å². The van der Waals surface area contributed by atoms with Gasteiger partial charge in [0, 0.05) is 16.5 Å². The van der Waals surface area contributed by atoms with Crippen LogP contribution >= 0.6 is 11.8 Å². The highest BCUT2D eigenvalue weighted by molar-refractivity contribution is 8.00. The van der Waals surface area contributed by atoms with E-state index in [0.29, 0.717) is 10.6 Å². The Morgan fingerprint density at radius 3 is 2.11 bits per heavy atom. The van der Waals surface area contributed by atoms with E-state index in [1.54, 1.807) is 29.6 Å². The van der Waals surface area contributed by atoms with Crippen LogP contribution in [-0.2, 0) is 15.8 Å². The van der Waals surface area contributed by atoms with Crippen molar-refractivity contribution in [3.8, 4) is 0 Å². The number of thioether (sulfide) groups is 1. The molecule has 0 bridgehead atoms. The summed E-state index contributed by atoms with van der Waals surface area (Å²) in [5, 5.41) is 3.36. The normalized spacial score (nSPS) is 15.5. The number of rotatable bonds is 6. The van der Waals surface area contributed by atoms with Crippen molar-refractivity contribution in [1.29, 1.82) is 0 Å². The summed E-state index contributed by atoms with van der Waals surface area (Å²) in [5.74, 6) is -11.4. The van der Waals surface area contributed by atoms with Gasteiger partial charge in [0.05, 0.1) is 5.25 Å². The van der Waals surface area contributed by atoms with Gasteiger partial charge in [-0.25, -0.2) is 17.6 Å². The maximum Gasteiger partial charge on any atom is 0.422 e. The summed E-state index contributed by atoms with van der Waals surface area (Å²) >= 11 is 0.900. The maximum absolute atomic E-state index is 14.1. The van der Waals surface area contributed by atoms with Gasteiger partial charge in [-0.1, -0.05) is 25.3 Å². The van der Waals surface area contributed by atoms with Crippen LogP contribution in [0.15, 0.2) is 29.2 Å². The quantitative estimate of drug-likeness (QED) is 0.247. The van der Waals surface area contributed by atoms with Gasteiger partial charge >= 0.3 is 6.18 Å². The number of hydrogen-bond donors (Lipinski definition) is 2. The van der Waals surface area contributed by atoms with Gasteiger partial charge in [0.1, 0.15) is 11.3 Å². The smallest absolute Gasteiger partial charge is 0.326 e. The Labute approximate surface area is 200 Å². The number of anilines is 2. The average Bonchev–Trinajstić information content (AvgIpc) is 2.80. The van der Waals surface area contributed by atoms with Crippen molar-refractivity contribution in [1.82, 2.24) is 0 Å². The van der Waals surface area contributed by atoms with Crippen molar-refractivity contribution in [3.05, 3.63) is 53.1 Å². The van der Waals surface area contributed by atoms with Crippen LogP contribution in [0.2, 0.25) is 0 Å². The number of carbonyl (C=O) groups excluding carboxylic acids is 2. The van der Waals surface area contributed by atoms with Gasteiger partial charge in [0.15, 0.2) is 23.3 Å². The van der Waals surface area contributed by atoms with Crippen LogP contribution < -0.4 is 10.6 Å². The van der Waals surface area contributed by atoms with Gasteiger partial charge in [-0.05, 0) is 38.0 Å². The molecule has 1 aliphatic rings. The molecule has 2 aromatic rings. The zero-order valence-electron chi connectivity index (χ0n) is 18.4. The Hall–Kier alpha value is -2.76. The molecule has 12 heteroatoms. The lowest BCUT2D eigenvalue weighted by Gasteiger charge is -2.21. The summed E-state index contributed by atoms with van der Waals surface area (Å²) in [6.45, 7) is 1.32. The van der Waals surface area contributed by atoms with E-state index in [-0.39, 0.29) is 11.8 Å². The fraction of sp³-hybridized carbons (Fsp3) is 0.391. The van der Waals surface area contributed by atoms with E-state index in [9.17, 15) is 40.3 Å². The maximum atomic E-state index is 14.1. The highest BCUT2D eigenvalue weighted by Gasteiger charge is 2.42. The molecule has 0 saturated heterocycles. The summed E-state index contributed by atoms with van der Waals surface area (Å²) in [6, 6.07) is 6.44. The average molecular weight is 522 g/mol. The molecule has 1 saturated carbocycles. The van der Waals surface area contributed by atoms with E-state index in [4.69, 9.17) is 0 Å². The molecule has 2 amide bonds. The van der Waals surface area contributed by atoms with Gasteiger partial charge in [-0.15, -0.1) is 11.8 Å². The van der Waals surface area contributed by atoms with Crippen LogP contribution in [0.25, 0.3) is 0 Å². The van der Waals surface area contributed by atoms with Crippen LogP contribution in [0.3, 0.4) is 0 Å². The number of carbonyl (C=O) groups is 2. The molecule has 0 radical (unpaired) electrons. The monoisotopic (exact) mass is 522 g/mol. The molecule has 1 fully saturated rings. The second kappa shape index (κ2) is 10.9. The van der Waals surface area contributed by atoms with Crippen LogP contribution in [0.1, 0.15) is 44.6 Å². The lowest BCUT2D eigenvalue weighted by molar-refractivity contribution is -0.143. The van der Waals surface area contributed by atoms with Gasteiger partial charge in [0.25, 0.3) is 0 Å². The fourth-order valence-electron chi connectivity index (χ4n) is 3.73. The van der Waals surface area contributed by atoms with Crippen molar-refractivity contribution >= 4 is 35.0 Å². The van der Waals surface area contributed by atoms with E-state index in [0.717, 1.165) is 43.9 Å². The lowest BCUT2D eigenvalue weighted by Crippen LogP contribution is -2.26. The summed E-state index contributed by atoms with van der Waals surface area (Å²) in [4.78, 5) is 25.3. The fourth-order valence-corrected chi connectivity index (χ4v) is 4.66. The Morgan fingerprint density at radius 1 is 0.943 bits per heavy atom. The molecule has 0 aliphatic heterocycles. The molecular weight excluding hydrogens is 501 g/mol. The Kier molecular flexibility index (Phi) is 8.34. The van der Waals surface area contributed by atoms with E-state index in [1.807, 2.05) is 0 Å². The minimum atomic E-state index is -5.68. The van der Waals surface area contributed by atoms with Crippen molar-refractivity contribution in [2.75, 3.05) is 10.6 Å². The highest BCUT2D eigenvalue weighted by Crippen LogP contribution is 2.39. The zero-order chi connectivity index (χ0) is 25.9. The van der Waals surface area contributed by atoms with Gasteiger partial charge < -0.3 is 10.6 Å². The van der Waals surface area contributed by atoms with E-state index in [2.05, 4.69) is 5.32 Å². The van der Waals surface area contributed by atoms with Crippen LogP contribution in [0.5, 0.6) is 0 Å². The first-order valence-corrected chi connectivity index (χ1v) is 11.6. The standard InChI is InChI=1S/C23H21F7N2O2S/c1-11(21(33)32-20-18(26)16(24)15(23(28,29)30)17(25)19(20)27)35-14-9-5-8-13(10-14)31-22(34)12-6-3-2-4-7-12/h5,8-12H,2-4,6-7H2,1H3,(H,31,34)(H,32,33). The Balaban J connectivity index is 1.70. The minimum Gasteiger partial charge on any atom is -0.326 e. The second-order valence-corrected chi connectivity index (χ2v) is 9.52. The highest BCUT2D eigenvalue weighted by atomic mass is 32.2. The first-order valence-electron chi connectivity index (χ1n) is 10.7. The molecular formula is C23H21F7N2O2S. The van der Waals surface area contributed by atoms with Crippen molar-refractivity contribution < 1.29 is 40.3 Å². The number of nitrogens with one attached hydrogen (secondary N) is 2. The number of hydrogen-bond acceptors (Lipinski definition) is 3. The molecule has 1 unspecified atom stereocenters. The molecule has 3 rings (SSSR count). The predicted octanol–water partition coefficient (Wildman–Crippen LogP) is 6.90. The Morgan fingerprint density at radius 2 is 1.54 bits per heavy atom. The third kappa shape index (κ3) is 6.28. The molecule has 0 aromatic heterocycles. The number of halogens is 7. The topological polar surface area (TPSA) is 58.2 Å². The molecule has 1 aliphatic carbocycles. The van der Waals surface area contributed by atoms with Gasteiger partial charge in [0.2, 0.25) is 11.8 Å². The lowest BCUT2D eigenvalue weighted by atomic mass is 9.88. The second-order valence-electron chi connectivity index (χ2n) is 8.11. The molecule has 2 N–H and O–H groups in total. The van der Waals surface area contributed by atoms with Gasteiger partial charge in [-0.2, -0.15) is 13.2 Å². The van der Waals surface area contributed by atoms with E-state index < -0.39 is 51.9 Å². The SMILES string of the molecule is CC(Sc1cccc(NC(=O)C2CCCCC2)c1)C(=O)Nc1c(F)c(F)c(C(F)(F)F)c(F)c1F. The van der Waals surface area contributed by atoms with Crippen molar-refractivity contribution in [2.24, 2.45) is 5.92 Å². The molecule has 0 heterocycles. The zero-order valence-corrected chi connectivity index (χ0v) is 19.2. The largest absolute Gasteiger partial charge is 0.422 e. The van der Waals surface area contributed by atoms with E-state index in [1.165, 1.54) is 6.92 Å². The first-order chi connectivity index (χ1) is 16.4. The molecule has 2 aromatic carbocycles. The summed E-state index contributed by atoms with van der Waals surface area (Å²) < 4.78 is 93.9. The van der Waals surface area contributed by atoms with Crippen molar-refractivity contribution in [2.45, 2.75) is 55.3 Å². The molecule has 190 valence electrons.